The van der Waals surface area contributed by atoms with Gasteiger partial charge in [0, 0.05) is 16.6 Å². The van der Waals surface area contributed by atoms with Crippen LogP contribution in [0.2, 0.25) is 0 Å². The zero-order chi connectivity index (χ0) is 18.4. The normalized spacial score (nSPS) is 12.0. The zero-order valence-corrected chi connectivity index (χ0v) is 15.9. The van der Waals surface area contributed by atoms with E-state index in [1.807, 2.05) is 55.4 Å². The number of likely N-dealkylation sites (N-methyl/N-ethyl adjacent to an activating group) is 1. The lowest BCUT2D eigenvalue weighted by Gasteiger charge is -2.23. The van der Waals surface area contributed by atoms with Crippen molar-refractivity contribution in [1.82, 2.24) is 10.2 Å². The molecule has 0 aliphatic rings. The molecule has 1 aromatic heterocycles. The number of nitrogens with one attached hydrogen (secondary N) is 2. The fourth-order valence-electron chi connectivity index (χ4n) is 2.54. The van der Waals surface area contributed by atoms with E-state index in [2.05, 4.69) is 23.6 Å². The predicted molar refractivity (Wildman–Crippen MR) is 103 cm³/mol. The molecule has 2 rings (SSSR count). The number of hydrogen-bond acceptors (Lipinski definition) is 4. The largest absolute Gasteiger partial charge is 0.346 e. The molecule has 0 saturated carbocycles. The molecule has 0 saturated heterocycles. The van der Waals surface area contributed by atoms with Crippen LogP contribution in [0.15, 0.2) is 35.7 Å². The summed E-state index contributed by atoms with van der Waals surface area (Å²) in [5.41, 5.74) is 2.82. The smallest absolute Gasteiger partial charge is 0.243 e. The van der Waals surface area contributed by atoms with E-state index in [-0.39, 0.29) is 30.9 Å². The van der Waals surface area contributed by atoms with Crippen molar-refractivity contribution in [3.05, 3.63) is 51.7 Å². The molecular formula is C19H25N3O2S. The topological polar surface area (TPSA) is 61.4 Å². The second kappa shape index (κ2) is 8.78. The predicted octanol–water partition coefficient (Wildman–Crippen LogP) is 3.11. The first-order valence-corrected chi connectivity index (χ1v) is 9.13. The number of carbonyl (C=O) groups is 2. The van der Waals surface area contributed by atoms with Gasteiger partial charge in [-0.2, -0.15) is 0 Å². The van der Waals surface area contributed by atoms with Crippen LogP contribution in [0.3, 0.4) is 0 Å². The van der Waals surface area contributed by atoms with E-state index in [1.54, 1.807) is 11.3 Å². The molecule has 134 valence electrons. The fourth-order valence-corrected chi connectivity index (χ4v) is 3.39. The molecule has 1 atom stereocenters. The van der Waals surface area contributed by atoms with Gasteiger partial charge in [-0.05, 0) is 50.4 Å². The van der Waals surface area contributed by atoms with Crippen LogP contribution < -0.4 is 10.6 Å². The summed E-state index contributed by atoms with van der Waals surface area (Å²) in [5.74, 6) is -0.387. The summed E-state index contributed by atoms with van der Waals surface area (Å²) in [6, 6.07) is 10.1. The minimum absolute atomic E-state index is 0.0339. The molecule has 5 nitrogen and oxygen atoms in total. The van der Waals surface area contributed by atoms with E-state index in [0.29, 0.717) is 0 Å². The fraction of sp³-hybridized carbons (Fsp3) is 0.368. The van der Waals surface area contributed by atoms with Gasteiger partial charge in [-0.3, -0.25) is 14.5 Å². The van der Waals surface area contributed by atoms with Gasteiger partial charge in [0.15, 0.2) is 0 Å². The molecule has 0 bridgehead atoms. The number of para-hydroxylation sites is 1. The van der Waals surface area contributed by atoms with Crippen LogP contribution >= 0.6 is 11.3 Å². The molecule has 0 radical (unpaired) electrons. The highest BCUT2D eigenvalue weighted by molar-refractivity contribution is 7.10. The standard InChI is InChI=1S/C19H25N3O2S/c1-13-7-5-8-14(2)19(13)21-17(23)11-20-18(24)12-22(4)15(3)16-9-6-10-25-16/h5-10,15H,11-12H2,1-4H3,(H,20,24)(H,21,23). The average Bonchev–Trinajstić information content (AvgIpc) is 3.10. The highest BCUT2D eigenvalue weighted by atomic mass is 32.1. The zero-order valence-electron chi connectivity index (χ0n) is 15.1. The van der Waals surface area contributed by atoms with E-state index < -0.39 is 0 Å². The number of nitrogens with zero attached hydrogens (tertiary/aromatic N) is 1. The van der Waals surface area contributed by atoms with Crippen LogP contribution in [0.5, 0.6) is 0 Å². The van der Waals surface area contributed by atoms with Gasteiger partial charge in [0.2, 0.25) is 11.8 Å². The Bertz CT molecular complexity index is 708. The molecule has 6 heteroatoms. The molecule has 2 N–H and O–H groups in total. The third-order valence-electron chi connectivity index (χ3n) is 4.20. The SMILES string of the molecule is Cc1cccc(C)c1NC(=O)CNC(=O)CN(C)C(C)c1cccs1. The lowest BCUT2D eigenvalue weighted by Crippen LogP contribution is -2.39. The Morgan fingerprint density at radius 1 is 1.12 bits per heavy atom. The molecule has 0 spiro atoms. The Morgan fingerprint density at radius 3 is 2.40 bits per heavy atom. The molecule has 1 heterocycles. The molecule has 1 unspecified atom stereocenters. The van der Waals surface area contributed by atoms with Crippen molar-refractivity contribution >= 4 is 28.8 Å². The molecule has 2 amide bonds. The van der Waals surface area contributed by atoms with Gasteiger partial charge in [-0.25, -0.2) is 0 Å². The molecular weight excluding hydrogens is 334 g/mol. The first kappa shape index (κ1) is 19.1. The average molecular weight is 359 g/mol. The minimum atomic E-state index is -0.222. The van der Waals surface area contributed by atoms with Crippen LogP contribution in [0.4, 0.5) is 5.69 Å². The maximum absolute atomic E-state index is 12.1. The summed E-state index contributed by atoms with van der Waals surface area (Å²) >= 11 is 1.67. The Morgan fingerprint density at radius 2 is 1.80 bits per heavy atom. The number of rotatable bonds is 7. The van der Waals surface area contributed by atoms with Gasteiger partial charge < -0.3 is 10.6 Å². The summed E-state index contributed by atoms with van der Waals surface area (Å²) in [4.78, 5) is 27.4. The Hall–Kier alpha value is -2.18. The summed E-state index contributed by atoms with van der Waals surface area (Å²) in [6.45, 7) is 6.17. The lowest BCUT2D eigenvalue weighted by molar-refractivity contribution is -0.125. The van der Waals surface area contributed by atoms with Crippen LogP contribution in [0, 0.1) is 13.8 Å². The molecule has 0 fully saturated rings. The van der Waals surface area contributed by atoms with Crippen molar-refractivity contribution in [3.8, 4) is 0 Å². The third-order valence-corrected chi connectivity index (χ3v) is 5.24. The summed E-state index contributed by atoms with van der Waals surface area (Å²) in [5, 5.41) is 7.58. The van der Waals surface area contributed by atoms with Crippen LogP contribution in [-0.4, -0.2) is 36.9 Å². The minimum Gasteiger partial charge on any atom is -0.346 e. The number of amides is 2. The van der Waals surface area contributed by atoms with E-state index in [1.165, 1.54) is 4.88 Å². The van der Waals surface area contributed by atoms with Crippen molar-refractivity contribution in [3.63, 3.8) is 0 Å². The van der Waals surface area contributed by atoms with Gasteiger partial charge in [0.05, 0.1) is 13.1 Å². The number of carbonyl (C=O) groups excluding carboxylic acids is 2. The highest BCUT2D eigenvalue weighted by Crippen LogP contribution is 2.23. The highest BCUT2D eigenvalue weighted by Gasteiger charge is 2.16. The monoisotopic (exact) mass is 359 g/mol. The van der Waals surface area contributed by atoms with Crippen molar-refractivity contribution in [2.75, 3.05) is 25.5 Å². The van der Waals surface area contributed by atoms with Gasteiger partial charge >= 0.3 is 0 Å². The number of hydrogen-bond donors (Lipinski definition) is 2. The van der Waals surface area contributed by atoms with Crippen molar-refractivity contribution < 1.29 is 9.59 Å². The lowest BCUT2D eigenvalue weighted by atomic mass is 10.1. The Balaban J connectivity index is 1.80. The number of benzene rings is 1. The van der Waals surface area contributed by atoms with Gasteiger partial charge in [0.25, 0.3) is 0 Å². The van der Waals surface area contributed by atoms with E-state index >= 15 is 0 Å². The van der Waals surface area contributed by atoms with Crippen molar-refractivity contribution in [2.45, 2.75) is 26.8 Å². The van der Waals surface area contributed by atoms with E-state index in [9.17, 15) is 9.59 Å². The molecule has 1 aromatic carbocycles. The van der Waals surface area contributed by atoms with Crippen LogP contribution in [0.1, 0.15) is 29.0 Å². The Labute approximate surface area is 153 Å². The first-order chi connectivity index (χ1) is 11.9. The van der Waals surface area contributed by atoms with Crippen LogP contribution in [-0.2, 0) is 9.59 Å². The molecule has 2 aromatic rings. The molecule has 0 aliphatic heterocycles. The quantitative estimate of drug-likeness (QED) is 0.798. The van der Waals surface area contributed by atoms with Gasteiger partial charge in [-0.15, -0.1) is 11.3 Å². The number of anilines is 1. The van der Waals surface area contributed by atoms with Gasteiger partial charge in [0.1, 0.15) is 0 Å². The number of thiophene rings is 1. The van der Waals surface area contributed by atoms with Crippen molar-refractivity contribution in [2.24, 2.45) is 0 Å². The second-order valence-corrected chi connectivity index (χ2v) is 7.18. The number of aryl methyl sites for hydroxylation is 2. The van der Waals surface area contributed by atoms with E-state index in [4.69, 9.17) is 0 Å². The summed E-state index contributed by atoms with van der Waals surface area (Å²) in [6.07, 6.45) is 0. The Kier molecular flexibility index (Phi) is 6.73. The summed E-state index contributed by atoms with van der Waals surface area (Å²) < 4.78 is 0. The van der Waals surface area contributed by atoms with Crippen LogP contribution in [0.25, 0.3) is 0 Å². The second-order valence-electron chi connectivity index (χ2n) is 6.20. The molecule has 0 aliphatic carbocycles. The maximum Gasteiger partial charge on any atom is 0.243 e. The first-order valence-electron chi connectivity index (χ1n) is 8.25. The molecule has 25 heavy (non-hydrogen) atoms. The van der Waals surface area contributed by atoms with Gasteiger partial charge in [-0.1, -0.05) is 24.3 Å². The summed E-state index contributed by atoms with van der Waals surface area (Å²) in [7, 11) is 1.90. The van der Waals surface area contributed by atoms with Crippen molar-refractivity contribution in [1.29, 1.82) is 0 Å². The maximum atomic E-state index is 12.1. The third kappa shape index (κ3) is 5.41. The van der Waals surface area contributed by atoms with E-state index in [0.717, 1.165) is 16.8 Å².